The van der Waals surface area contributed by atoms with E-state index in [9.17, 15) is 4.79 Å². The number of benzene rings is 3. The summed E-state index contributed by atoms with van der Waals surface area (Å²) in [6.45, 7) is 8.91. The smallest absolute Gasteiger partial charge is 0.319 e. The van der Waals surface area contributed by atoms with Gasteiger partial charge in [-0.15, -0.1) is 0 Å². The number of fused-ring (bicyclic) bond motifs is 1. The maximum atomic E-state index is 12.0. The number of carbonyl (C=O) groups excluding carboxylic acids is 1. The first-order valence-electron chi connectivity index (χ1n) is 11.2. The molecule has 3 heteroatoms. The van der Waals surface area contributed by atoms with E-state index in [0.29, 0.717) is 0 Å². The van der Waals surface area contributed by atoms with Crippen LogP contribution in [-0.4, -0.2) is 14.6 Å². The number of hydrogen-bond acceptors (Lipinski definition) is 2. The number of aldehydes is 1. The Balaban J connectivity index is 1.91. The van der Waals surface area contributed by atoms with Crippen molar-refractivity contribution in [1.29, 1.82) is 0 Å². The van der Waals surface area contributed by atoms with Crippen molar-refractivity contribution in [3.05, 3.63) is 90.0 Å². The summed E-state index contributed by atoms with van der Waals surface area (Å²) in [6.07, 6.45) is 4.10. The second-order valence-electron chi connectivity index (χ2n) is 9.97. The van der Waals surface area contributed by atoms with Crippen LogP contribution < -0.4 is 14.8 Å². The monoisotopic (exact) mass is 428 g/mol. The summed E-state index contributed by atoms with van der Waals surface area (Å²) >= 11 is 0. The first kappa shape index (κ1) is 21.6. The molecule has 0 spiro atoms. The van der Waals surface area contributed by atoms with E-state index in [1.54, 1.807) is 0 Å². The zero-order chi connectivity index (χ0) is 22.1. The van der Waals surface area contributed by atoms with Crippen LogP contribution in [0.25, 0.3) is 0 Å². The summed E-state index contributed by atoms with van der Waals surface area (Å²) in [5.41, 5.74) is 1.97. The van der Waals surface area contributed by atoms with Gasteiger partial charge in [-0.3, -0.25) is 0 Å². The minimum absolute atomic E-state index is 0.0976. The van der Waals surface area contributed by atoms with Gasteiger partial charge in [0.25, 0.3) is 0 Å². The van der Waals surface area contributed by atoms with Crippen LogP contribution in [-0.2, 0) is 16.6 Å². The molecule has 160 valence electrons. The summed E-state index contributed by atoms with van der Waals surface area (Å²) in [5.74, 6) is 0.864. The Hall–Kier alpha value is -2.65. The van der Waals surface area contributed by atoms with Gasteiger partial charge in [0.15, 0.2) is 0 Å². The van der Waals surface area contributed by atoms with Gasteiger partial charge < -0.3 is 9.22 Å². The van der Waals surface area contributed by atoms with Gasteiger partial charge in [-0.05, 0) is 64.9 Å². The molecule has 1 unspecified atom stereocenters. The molecule has 0 aromatic heterocycles. The predicted octanol–water partition coefficient (Wildman–Crippen LogP) is 5.42. The zero-order valence-corrected chi connectivity index (χ0v) is 20.0. The highest BCUT2D eigenvalue weighted by Gasteiger charge is 2.52. The second-order valence-corrected chi connectivity index (χ2v) is 14.2. The summed E-state index contributed by atoms with van der Waals surface area (Å²) in [6, 6.07) is 27.8. The molecule has 0 radical (unpaired) electrons. The number of hydrogen-bond donors (Lipinski definition) is 0. The maximum absolute atomic E-state index is 12.0. The van der Waals surface area contributed by atoms with Crippen LogP contribution in [0.4, 0.5) is 0 Å². The van der Waals surface area contributed by atoms with Crippen LogP contribution in [0.2, 0.25) is 5.04 Å². The van der Waals surface area contributed by atoms with Gasteiger partial charge in [-0.25, -0.2) is 0 Å². The van der Waals surface area contributed by atoms with Crippen LogP contribution >= 0.6 is 0 Å². The minimum Gasteiger partial charge on any atom is -0.534 e. The molecular formula is C28H32O2Si. The third-order valence-corrected chi connectivity index (χ3v) is 11.7. The third kappa shape index (κ3) is 3.76. The van der Waals surface area contributed by atoms with Gasteiger partial charge in [-0.2, -0.15) is 0 Å². The van der Waals surface area contributed by atoms with Gasteiger partial charge in [0.05, 0.1) is 0 Å². The van der Waals surface area contributed by atoms with Crippen LogP contribution in [0.3, 0.4) is 0 Å². The molecular weight excluding hydrogens is 396 g/mol. The molecule has 2 nitrogen and oxygen atoms in total. The first-order chi connectivity index (χ1) is 14.8. The Morgan fingerprint density at radius 2 is 1.48 bits per heavy atom. The van der Waals surface area contributed by atoms with Crippen molar-refractivity contribution in [3.63, 3.8) is 0 Å². The van der Waals surface area contributed by atoms with Gasteiger partial charge in [0.1, 0.15) is 12.0 Å². The van der Waals surface area contributed by atoms with E-state index in [2.05, 4.69) is 107 Å². The number of aryl methyl sites for hydroxylation is 1. The summed E-state index contributed by atoms with van der Waals surface area (Å²) in [5, 5.41) is 2.41. The van der Waals surface area contributed by atoms with Crippen LogP contribution in [0.1, 0.15) is 51.7 Å². The standard InChI is InChI=1S/C28H32O2Si/c1-27(2,3)31(24-13-7-5-8-14-24,25-15-9-6-10-16-25)30-23-18-17-22-12-11-19-28(4,21-29)26(22)20-23/h5-10,13-18,20-21H,11-12,19H2,1-4H3. The Morgan fingerprint density at radius 1 is 0.903 bits per heavy atom. The summed E-state index contributed by atoms with van der Waals surface area (Å²) in [4.78, 5) is 12.0. The first-order valence-corrected chi connectivity index (χ1v) is 13.1. The van der Waals surface area contributed by atoms with Crippen LogP contribution in [0, 0.1) is 0 Å². The zero-order valence-electron chi connectivity index (χ0n) is 19.0. The Kier molecular flexibility index (Phi) is 5.65. The SMILES string of the molecule is CC1(C=O)CCCc2ccc(O[Si](c3ccccc3)(c3ccccc3)C(C)(C)C)cc21. The molecule has 3 aromatic carbocycles. The van der Waals surface area contributed by atoms with Gasteiger partial charge in [0, 0.05) is 5.41 Å². The fraction of sp³-hybridized carbons (Fsp3) is 0.321. The lowest BCUT2D eigenvalue weighted by Crippen LogP contribution is -2.68. The summed E-state index contributed by atoms with van der Waals surface area (Å²) in [7, 11) is -2.68. The lowest BCUT2D eigenvalue weighted by Gasteiger charge is -2.43. The molecule has 0 bridgehead atoms. The molecule has 0 N–H and O–H groups in total. The van der Waals surface area contributed by atoms with Crippen molar-refractivity contribution in [2.24, 2.45) is 0 Å². The highest BCUT2D eigenvalue weighted by molar-refractivity contribution is 7.00. The van der Waals surface area contributed by atoms with E-state index in [0.717, 1.165) is 36.9 Å². The molecule has 0 fully saturated rings. The highest BCUT2D eigenvalue weighted by Crippen LogP contribution is 2.41. The lowest BCUT2D eigenvalue weighted by molar-refractivity contribution is -0.112. The van der Waals surface area contributed by atoms with Crippen molar-refractivity contribution < 1.29 is 9.22 Å². The van der Waals surface area contributed by atoms with Gasteiger partial charge in [0.2, 0.25) is 0 Å². The maximum Gasteiger partial charge on any atom is 0.319 e. The van der Waals surface area contributed by atoms with E-state index in [1.807, 2.05) is 0 Å². The Morgan fingerprint density at radius 3 is 2.00 bits per heavy atom. The fourth-order valence-corrected chi connectivity index (χ4v) is 9.51. The fourth-order valence-electron chi connectivity index (χ4n) is 5.10. The molecule has 0 heterocycles. The molecule has 0 saturated heterocycles. The van der Waals surface area contributed by atoms with Crippen LogP contribution in [0.15, 0.2) is 78.9 Å². The van der Waals surface area contributed by atoms with E-state index < -0.39 is 13.7 Å². The van der Waals surface area contributed by atoms with Gasteiger partial charge >= 0.3 is 8.32 Å². The Labute approximate surface area is 187 Å². The Bertz CT molecular complexity index is 1010. The third-order valence-electron chi connectivity index (χ3n) is 6.79. The van der Waals surface area contributed by atoms with E-state index >= 15 is 0 Å². The predicted molar refractivity (Wildman–Crippen MR) is 131 cm³/mol. The van der Waals surface area contributed by atoms with Crippen molar-refractivity contribution in [1.82, 2.24) is 0 Å². The largest absolute Gasteiger partial charge is 0.534 e. The topological polar surface area (TPSA) is 26.3 Å². The lowest BCUT2D eigenvalue weighted by atomic mass is 9.72. The summed E-state index contributed by atoms with van der Waals surface area (Å²) < 4.78 is 7.17. The molecule has 0 saturated carbocycles. The van der Waals surface area contributed by atoms with Crippen molar-refractivity contribution in [2.75, 3.05) is 0 Å². The van der Waals surface area contributed by atoms with Crippen molar-refractivity contribution in [3.8, 4) is 5.75 Å². The quantitative estimate of drug-likeness (QED) is 0.401. The molecule has 4 rings (SSSR count). The number of rotatable bonds is 5. The van der Waals surface area contributed by atoms with Gasteiger partial charge in [-0.1, -0.05) is 87.5 Å². The molecule has 0 amide bonds. The molecule has 0 aliphatic heterocycles. The van der Waals surface area contributed by atoms with E-state index in [-0.39, 0.29) is 5.04 Å². The molecule has 1 atom stereocenters. The van der Waals surface area contributed by atoms with E-state index in [1.165, 1.54) is 15.9 Å². The average molecular weight is 429 g/mol. The normalized spacial score (nSPS) is 18.8. The minimum atomic E-state index is -2.68. The average Bonchev–Trinajstić information content (AvgIpc) is 2.78. The molecule has 3 aromatic rings. The highest BCUT2D eigenvalue weighted by atomic mass is 28.4. The number of carbonyl (C=O) groups is 1. The van der Waals surface area contributed by atoms with Crippen molar-refractivity contribution >= 4 is 25.0 Å². The molecule has 31 heavy (non-hydrogen) atoms. The molecule has 1 aliphatic rings. The second kappa shape index (κ2) is 8.12. The van der Waals surface area contributed by atoms with Crippen LogP contribution in [0.5, 0.6) is 5.75 Å². The van der Waals surface area contributed by atoms with Crippen molar-refractivity contribution in [2.45, 2.75) is 57.4 Å². The van der Waals surface area contributed by atoms with E-state index in [4.69, 9.17) is 4.43 Å². The molecule has 1 aliphatic carbocycles.